The molecular weight excluding hydrogens is 349 g/mol. The van der Waals surface area contributed by atoms with E-state index in [0.29, 0.717) is 23.4 Å². The van der Waals surface area contributed by atoms with Crippen LogP contribution in [0.4, 0.5) is 4.39 Å². The van der Waals surface area contributed by atoms with Gasteiger partial charge >= 0.3 is 0 Å². The summed E-state index contributed by atoms with van der Waals surface area (Å²) >= 11 is 1.39. The van der Waals surface area contributed by atoms with Crippen LogP contribution in [0.1, 0.15) is 28.2 Å². The van der Waals surface area contributed by atoms with E-state index in [9.17, 15) is 17.6 Å². The molecule has 24 heavy (non-hydrogen) atoms. The van der Waals surface area contributed by atoms with E-state index >= 15 is 0 Å². The second-order valence-corrected chi connectivity index (χ2v) is 8.52. The molecule has 0 bridgehead atoms. The number of rotatable bonds is 4. The van der Waals surface area contributed by atoms with Gasteiger partial charge in [-0.1, -0.05) is 30.3 Å². The second-order valence-electron chi connectivity index (χ2n) is 5.44. The maximum Gasteiger partial charge on any atom is 0.244 e. The average Bonchev–Trinajstić information content (AvgIpc) is 3.05. The van der Waals surface area contributed by atoms with Crippen LogP contribution in [0.15, 0.2) is 53.4 Å². The number of thioether (sulfide) groups is 1. The molecule has 126 valence electrons. The Kier molecular flexibility index (Phi) is 4.76. The number of Topliss-reactive ketones (excluding diaryl/α,β-unsaturated/α-hetero) is 1. The first-order chi connectivity index (χ1) is 11.4. The maximum absolute atomic E-state index is 14.1. The molecule has 4 nitrogen and oxygen atoms in total. The summed E-state index contributed by atoms with van der Waals surface area (Å²) in [4.78, 5) is 11.6. The summed E-state index contributed by atoms with van der Waals surface area (Å²) in [6.45, 7) is 1.69. The van der Waals surface area contributed by atoms with Gasteiger partial charge in [-0.05, 0) is 25.1 Å². The molecule has 2 aromatic rings. The van der Waals surface area contributed by atoms with Crippen molar-refractivity contribution in [3.05, 3.63) is 65.5 Å². The topological polar surface area (TPSA) is 54.5 Å². The van der Waals surface area contributed by atoms with Crippen molar-refractivity contribution in [1.29, 1.82) is 0 Å². The largest absolute Gasteiger partial charge is 0.295 e. The first kappa shape index (κ1) is 17.1. The third-order valence-electron chi connectivity index (χ3n) is 3.87. The standard InChI is InChI=1S/C17H16FNO3S2/c1-12(20)13-5-4-6-14(11-13)24(21,22)19-9-10-23-17(19)15-7-2-3-8-16(15)18/h2-8,11,17H,9-10H2,1H3. The first-order valence-electron chi connectivity index (χ1n) is 7.40. The van der Waals surface area contributed by atoms with Crippen LogP contribution in [-0.4, -0.2) is 30.8 Å². The Balaban J connectivity index is 2.01. The Bertz CT molecular complexity index is 883. The summed E-state index contributed by atoms with van der Waals surface area (Å²) in [5.41, 5.74) is 0.691. The molecule has 1 fully saturated rings. The molecule has 0 amide bonds. The minimum Gasteiger partial charge on any atom is -0.295 e. The highest BCUT2D eigenvalue weighted by molar-refractivity contribution is 8.01. The van der Waals surface area contributed by atoms with Gasteiger partial charge in [0.15, 0.2) is 5.78 Å². The Labute approximate surface area is 144 Å². The molecule has 0 spiro atoms. The van der Waals surface area contributed by atoms with Crippen molar-refractivity contribution in [2.45, 2.75) is 17.2 Å². The van der Waals surface area contributed by atoms with Gasteiger partial charge in [-0.15, -0.1) is 11.8 Å². The van der Waals surface area contributed by atoms with Crippen LogP contribution >= 0.6 is 11.8 Å². The van der Waals surface area contributed by atoms with Gasteiger partial charge in [-0.25, -0.2) is 12.8 Å². The average molecular weight is 365 g/mol. The fraction of sp³-hybridized carbons (Fsp3) is 0.235. The van der Waals surface area contributed by atoms with Gasteiger partial charge in [-0.2, -0.15) is 4.31 Å². The van der Waals surface area contributed by atoms with E-state index in [-0.39, 0.29) is 10.7 Å². The molecular formula is C17H16FNO3S2. The van der Waals surface area contributed by atoms with Crippen molar-refractivity contribution in [3.63, 3.8) is 0 Å². The highest BCUT2D eigenvalue weighted by Crippen LogP contribution is 2.42. The van der Waals surface area contributed by atoms with Crippen LogP contribution in [0.5, 0.6) is 0 Å². The predicted octanol–water partition coefficient (Wildman–Crippen LogP) is 3.46. The number of nitrogens with zero attached hydrogens (tertiary/aromatic N) is 1. The molecule has 1 unspecified atom stereocenters. The van der Waals surface area contributed by atoms with Crippen molar-refractivity contribution < 1.29 is 17.6 Å². The lowest BCUT2D eigenvalue weighted by molar-refractivity contribution is 0.101. The fourth-order valence-corrected chi connectivity index (χ4v) is 5.93. The normalized spacial score (nSPS) is 18.7. The van der Waals surface area contributed by atoms with E-state index in [1.165, 1.54) is 41.2 Å². The van der Waals surface area contributed by atoms with Crippen molar-refractivity contribution >= 4 is 27.6 Å². The first-order valence-corrected chi connectivity index (χ1v) is 9.89. The lowest BCUT2D eigenvalue weighted by Crippen LogP contribution is -2.31. The molecule has 1 aliphatic heterocycles. The Morgan fingerprint density at radius 1 is 1.21 bits per heavy atom. The lowest BCUT2D eigenvalue weighted by atomic mass is 10.2. The van der Waals surface area contributed by atoms with Crippen LogP contribution < -0.4 is 0 Å². The number of halogens is 1. The minimum absolute atomic E-state index is 0.0547. The smallest absolute Gasteiger partial charge is 0.244 e. The molecule has 7 heteroatoms. The van der Waals surface area contributed by atoms with Gasteiger partial charge in [0.05, 0.1) is 10.3 Å². The molecule has 1 aliphatic rings. The molecule has 2 aromatic carbocycles. The van der Waals surface area contributed by atoms with Crippen molar-refractivity contribution in [2.24, 2.45) is 0 Å². The van der Waals surface area contributed by atoms with Crippen molar-refractivity contribution in [3.8, 4) is 0 Å². The molecule has 0 aliphatic carbocycles. The minimum atomic E-state index is -3.82. The molecule has 0 aromatic heterocycles. The molecule has 0 saturated carbocycles. The molecule has 1 heterocycles. The maximum atomic E-state index is 14.1. The number of hydrogen-bond acceptors (Lipinski definition) is 4. The zero-order valence-corrected chi connectivity index (χ0v) is 14.6. The summed E-state index contributed by atoms with van der Waals surface area (Å²) < 4.78 is 41.4. The van der Waals surface area contributed by atoms with Crippen LogP contribution in [-0.2, 0) is 10.0 Å². The van der Waals surface area contributed by atoms with Gasteiger partial charge < -0.3 is 0 Å². The van der Waals surface area contributed by atoms with Gasteiger partial charge in [0, 0.05) is 23.4 Å². The zero-order chi connectivity index (χ0) is 17.3. The molecule has 0 N–H and O–H groups in total. The van der Waals surface area contributed by atoms with Crippen LogP contribution in [0, 0.1) is 5.82 Å². The van der Waals surface area contributed by atoms with Crippen molar-refractivity contribution in [1.82, 2.24) is 4.31 Å². The summed E-state index contributed by atoms with van der Waals surface area (Å²) in [6.07, 6.45) is 0. The Hall–Kier alpha value is -1.70. The van der Waals surface area contributed by atoms with E-state index in [1.54, 1.807) is 30.3 Å². The van der Waals surface area contributed by atoms with E-state index in [4.69, 9.17) is 0 Å². The predicted molar refractivity (Wildman–Crippen MR) is 91.9 cm³/mol. The molecule has 3 rings (SSSR count). The van der Waals surface area contributed by atoms with Crippen molar-refractivity contribution in [2.75, 3.05) is 12.3 Å². The van der Waals surface area contributed by atoms with Gasteiger partial charge in [0.1, 0.15) is 5.82 Å². The molecule has 1 atom stereocenters. The number of carbonyl (C=O) groups excluding carboxylic acids is 1. The lowest BCUT2D eigenvalue weighted by Gasteiger charge is -2.24. The quantitative estimate of drug-likeness (QED) is 0.779. The van der Waals surface area contributed by atoms with Crippen LogP contribution in [0.25, 0.3) is 0 Å². The monoisotopic (exact) mass is 365 g/mol. The number of ketones is 1. The third-order valence-corrected chi connectivity index (χ3v) is 7.10. The van der Waals surface area contributed by atoms with E-state index in [0.717, 1.165) is 0 Å². The van der Waals surface area contributed by atoms with Gasteiger partial charge in [0.25, 0.3) is 0 Å². The second kappa shape index (κ2) is 6.66. The molecule has 1 saturated heterocycles. The highest BCUT2D eigenvalue weighted by atomic mass is 32.2. The van der Waals surface area contributed by atoms with Crippen LogP contribution in [0.3, 0.4) is 0 Å². The van der Waals surface area contributed by atoms with E-state index in [1.807, 2.05) is 0 Å². The van der Waals surface area contributed by atoms with Crippen LogP contribution in [0.2, 0.25) is 0 Å². The summed E-state index contributed by atoms with van der Waals surface area (Å²) in [5.74, 6) is -0.0342. The number of hydrogen-bond donors (Lipinski definition) is 0. The highest BCUT2D eigenvalue weighted by Gasteiger charge is 2.38. The van der Waals surface area contributed by atoms with Gasteiger partial charge in [0.2, 0.25) is 10.0 Å². The van der Waals surface area contributed by atoms with E-state index < -0.39 is 21.2 Å². The zero-order valence-electron chi connectivity index (χ0n) is 13.0. The molecule has 0 radical (unpaired) electrons. The van der Waals surface area contributed by atoms with Gasteiger partial charge in [-0.3, -0.25) is 4.79 Å². The summed E-state index contributed by atoms with van der Waals surface area (Å²) in [5, 5.41) is -0.600. The van der Waals surface area contributed by atoms with E-state index in [2.05, 4.69) is 0 Å². The Morgan fingerprint density at radius 3 is 2.67 bits per heavy atom. The number of sulfonamides is 1. The summed E-state index contributed by atoms with van der Waals surface area (Å²) in [6, 6.07) is 12.2. The fourth-order valence-electron chi connectivity index (χ4n) is 2.63. The number of carbonyl (C=O) groups is 1. The number of benzene rings is 2. The third kappa shape index (κ3) is 3.11. The summed E-state index contributed by atoms with van der Waals surface area (Å²) in [7, 11) is -3.82. The SMILES string of the molecule is CC(=O)c1cccc(S(=O)(=O)N2CCSC2c2ccccc2F)c1. The Morgan fingerprint density at radius 2 is 1.96 bits per heavy atom.